The predicted molar refractivity (Wildman–Crippen MR) is 77.5 cm³/mol. The molecule has 1 aromatic carbocycles. The molecule has 0 saturated carbocycles. The Morgan fingerprint density at radius 2 is 1.55 bits per heavy atom. The van der Waals surface area contributed by atoms with Gasteiger partial charge in [0.05, 0.1) is 14.2 Å². The lowest BCUT2D eigenvalue weighted by Crippen LogP contribution is -2.32. The lowest BCUT2D eigenvalue weighted by atomic mass is 10.2. The lowest BCUT2D eigenvalue weighted by molar-refractivity contribution is -0.115. The highest BCUT2D eigenvalue weighted by Gasteiger charge is 2.32. The van der Waals surface area contributed by atoms with Crippen molar-refractivity contribution in [3.8, 4) is 11.5 Å². The van der Waals surface area contributed by atoms with Gasteiger partial charge in [-0.05, 0) is 0 Å². The first-order valence-corrected chi connectivity index (χ1v) is 8.02. The molecule has 0 saturated heterocycles. The first-order chi connectivity index (χ1) is 9.15. The quantitative estimate of drug-likeness (QED) is 0.770. The molecule has 0 aromatic heterocycles. The summed E-state index contributed by atoms with van der Waals surface area (Å²) in [6.07, 6.45) is 0. The molecule has 20 heavy (non-hydrogen) atoms. The third-order valence-electron chi connectivity index (χ3n) is 2.26. The molecule has 0 fully saturated rings. The van der Waals surface area contributed by atoms with Gasteiger partial charge in [0, 0.05) is 23.7 Å². The van der Waals surface area contributed by atoms with E-state index >= 15 is 0 Å². The minimum absolute atomic E-state index is 0.0782. The molecule has 6 nitrogen and oxygen atoms in total. The van der Waals surface area contributed by atoms with Gasteiger partial charge >= 0.3 is 9.24 Å². The van der Waals surface area contributed by atoms with E-state index in [1.807, 2.05) is 0 Å². The average Bonchev–Trinajstić information content (AvgIpc) is 2.32. The van der Waals surface area contributed by atoms with E-state index in [-0.39, 0.29) is 31.5 Å². The Morgan fingerprint density at radius 3 is 1.80 bits per heavy atom. The maximum absolute atomic E-state index is 11.6. The molecule has 0 N–H and O–H groups in total. The van der Waals surface area contributed by atoms with Crippen LogP contribution in [0, 0.1) is 0 Å². The summed E-state index contributed by atoms with van der Waals surface area (Å²) < 4.78 is 33.3. The zero-order valence-corrected chi connectivity index (χ0v) is 13.7. The Morgan fingerprint density at radius 1 is 1.15 bits per heavy atom. The van der Waals surface area contributed by atoms with Gasteiger partial charge in [-0.15, -0.1) is 0 Å². The summed E-state index contributed by atoms with van der Waals surface area (Å²) in [6, 6.07) is 1.35. The van der Waals surface area contributed by atoms with E-state index in [0.29, 0.717) is 0 Å². The van der Waals surface area contributed by atoms with Crippen LogP contribution in [-0.2, 0) is 14.0 Å². The van der Waals surface area contributed by atoms with E-state index in [1.165, 1.54) is 20.3 Å². The van der Waals surface area contributed by atoms with Crippen molar-refractivity contribution in [2.45, 2.75) is 6.92 Å². The number of benzene rings is 1. The maximum Gasteiger partial charge on any atom is 0.328 e. The van der Waals surface area contributed by atoms with Gasteiger partial charge in [-0.2, -0.15) is 12.7 Å². The van der Waals surface area contributed by atoms with Gasteiger partial charge in [-0.25, -0.2) is 0 Å². The first kappa shape index (κ1) is 17.2. The molecule has 0 atom stereocenters. The molecule has 0 aliphatic rings. The van der Waals surface area contributed by atoms with E-state index in [2.05, 4.69) is 0 Å². The summed E-state index contributed by atoms with van der Waals surface area (Å²) in [5, 5.41) is -0.365. The van der Waals surface area contributed by atoms with Crippen LogP contribution in [0.25, 0.3) is 0 Å². The van der Waals surface area contributed by atoms with E-state index in [9.17, 15) is 13.2 Å². The van der Waals surface area contributed by atoms with E-state index in [4.69, 9.17) is 43.4 Å². The van der Waals surface area contributed by atoms with Crippen molar-refractivity contribution < 1.29 is 22.7 Å². The van der Waals surface area contributed by atoms with Crippen LogP contribution in [0.5, 0.6) is 11.5 Å². The van der Waals surface area contributed by atoms with Crippen LogP contribution >= 0.6 is 33.9 Å². The average molecular weight is 363 g/mol. The SMILES string of the molecule is COc1cc(OC)c(Cl)c(N(C(C)=O)S(=O)(=O)Cl)c1Cl. The first-order valence-electron chi connectivity index (χ1n) is 5.00. The number of amides is 1. The molecular weight excluding hydrogens is 353 g/mol. The smallest absolute Gasteiger partial charge is 0.328 e. The highest BCUT2D eigenvalue weighted by atomic mass is 35.7. The van der Waals surface area contributed by atoms with Crippen molar-refractivity contribution in [1.29, 1.82) is 0 Å². The number of anilines is 1. The summed E-state index contributed by atoms with van der Waals surface area (Å²) in [5.74, 6) is -0.733. The second-order valence-electron chi connectivity index (χ2n) is 3.48. The fourth-order valence-electron chi connectivity index (χ4n) is 1.47. The van der Waals surface area contributed by atoms with Crippen LogP contribution in [0.1, 0.15) is 6.92 Å². The van der Waals surface area contributed by atoms with Crippen molar-refractivity contribution >= 4 is 54.7 Å². The van der Waals surface area contributed by atoms with Gasteiger partial charge < -0.3 is 9.47 Å². The fourth-order valence-corrected chi connectivity index (χ4v) is 3.45. The van der Waals surface area contributed by atoms with Crippen LogP contribution in [-0.4, -0.2) is 28.5 Å². The van der Waals surface area contributed by atoms with Crippen LogP contribution in [0.2, 0.25) is 10.0 Å². The van der Waals surface area contributed by atoms with Gasteiger partial charge in [0.15, 0.2) is 0 Å². The standard InChI is InChI=1S/C10H10Cl3NO5S/c1-5(15)14(20(13,16)17)10-8(11)6(18-2)4-7(19-3)9(10)12/h4H,1-3H3. The lowest BCUT2D eigenvalue weighted by Gasteiger charge is -2.22. The molecular formula is C10H10Cl3NO5S. The van der Waals surface area contributed by atoms with Gasteiger partial charge in [0.25, 0.3) is 0 Å². The van der Waals surface area contributed by atoms with Gasteiger partial charge in [-0.1, -0.05) is 23.2 Å². The number of halogens is 3. The third kappa shape index (κ3) is 3.22. The fraction of sp³-hybridized carbons (Fsp3) is 0.300. The highest BCUT2D eigenvalue weighted by Crippen LogP contribution is 2.47. The zero-order chi connectivity index (χ0) is 15.7. The summed E-state index contributed by atoms with van der Waals surface area (Å²) in [4.78, 5) is 11.6. The number of nitrogens with zero attached hydrogens (tertiary/aromatic N) is 1. The molecule has 0 heterocycles. The molecule has 1 rings (SSSR count). The van der Waals surface area contributed by atoms with Gasteiger partial charge in [0.1, 0.15) is 27.2 Å². The number of methoxy groups -OCH3 is 2. The van der Waals surface area contributed by atoms with Crippen LogP contribution in [0.3, 0.4) is 0 Å². The Kier molecular flexibility index (Phi) is 5.37. The molecule has 0 radical (unpaired) electrons. The molecule has 0 unspecified atom stereocenters. The van der Waals surface area contributed by atoms with Crippen molar-refractivity contribution in [2.75, 3.05) is 18.5 Å². The molecule has 1 aromatic rings. The van der Waals surface area contributed by atoms with Crippen molar-refractivity contribution in [3.05, 3.63) is 16.1 Å². The summed E-state index contributed by atoms with van der Waals surface area (Å²) in [7, 11) is 3.43. The molecule has 0 aliphatic heterocycles. The minimum atomic E-state index is -4.44. The van der Waals surface area contributed by atoms with Crippen LogP contribution in [0.15, 0.2) is 6.07 Å². The second kappa shape index (κ2) is 6.26. The van der Waals surface area contributed by atoms with E-state index in [0.717, 1.165) is 6.92 Å². The van der Waals surface area contributed by atoms with E-state index < -0.39 is 15.1 Å². The summed E-state index contributed by atoms with van der Waals surface area (Å²) in [6.45, 7) is 0.999. The Labute approximate surface area is 130 Å². The third-order valence-corrected chi connectivity index (χ3v) is 4.28. The Bertz CT molecular complexity index is 619. The number of hydrogen-bond donors (Lipinski definition) is 0. The number of rotatable bonds is 4. The topological polar surface area (TPSA) is 72.9 Å². The summed E-state index contributed by atoms with van der Waals surface area (Å²) >= 11 is 12.0. The molecule has 0 bridgehead atoms. The Balaban J connectivity index is 3.77. The monoisotopic (exact) mass is 361 g/mol. The van der Waals surface area contributed by atoms with Crippen molar-refractivity contribution in [1.82, 2.24) is 0 Å². The molecule has 0 spiro atoms. The van der Waals surface area contributed by atoms with Gasteiger partial charge in [-0.3, -0.25) is 4.79 Å². The second-order valence-corrected chi connectivity index (χ2v) is 6.60. The van der Waals surface area contributed by atoms with Crippen molar-refractivity contribution in [3.63, 3.8) is 0 Å². The minimum Gasteiger partial charge on any atom is -0.495 e. The predicted octanol–water partition coefficient (Wildman–Crippen LogP) is 2.85. The van der Waals surface area contributed by atoms with Crippen molar-refractivity contribution in [2.24, 2.45) is 0 Å². The summed E-state index contributed by atoms with van der Waals surface area (Å²) in [5.41, 5.74) is -0.327. The van der Waals surface area contributed by atoms with Crippen LogP contribution in [0.4, 0.5) is 5.69 Å². The largest absolute Gasteiger partial charge is 0.495 e. The van der Waals surface area contributed by atoms with Gasteiger partial charge in [0.2, 0.25) is 5.91 Å². The number of carbonyl (C=O) groups excluding carboxylic acids is 1. The molecule has 0 aliphatic carbocycles. The van der Waals surface area contributed by atoms with E-state index in [1.54, 1.807) is 0 Å². The van der Waals surface area contributed by atoms with Crippen LogP contribution < -0.4 is 13.8 Å². The normalized spacial score (nSPS) is 11.1. The Hall–Kier alpha value is -0.890. The maximum atomic E-state index is 11.6. The number of hydrogen-bond acceptors (Lipinski definition) is 5. The molecule has 1 amide bonds. The number of carbonyl (C=O) groups is 1. The highest BCUT2D eigenvalue weighted by molar-refractivity contribution is 8.15. The molecule has 112 valence electrons. The zero-order valence-electron chi connectivity index (χ0n) is 10.6. The molecule has 10 heteroatoms. The number of ether oxygens (including phenoxy) is 2.